The first-order valence-corrected chi connectivity index (χ1v) is 14.2. The van der Waals surface area contributed by atoms with Crippen molar-refractivity contribution in [2.75, 3.05) is 20.3 Å². The van der Waals surface area contributed by atoms with Crippen molar-refractivity contribution in [2.24, 2.45) is 5.10 Å². The Bertz CT molecular complexity index is 1610. The van der Waals surface area contributed by atoms with Crippen LogP contribution in [0.2, 0.25) is 10.0 Å². The van der Waals surface area contributed by atoms with Crippen LogP contribution in [0.5, 0.6) is 17.2 Å². The number of halogens is 2. The van der Waals surface area contributed by atoms with Crippen molar-refractivity contribution < 1.29 is 33.3 Å². The second kappa shape index (κ2) is 15.1. The van der Waals surface area contributed by atoms with E-state index < -0.39 is 23.9 Å². The van der Waals surface area contributed by atoms with Crippen LogP contribution < -0.4 is 30.3 Å². The zero-order chi connectivity index (χ0) is 31.6. The molecule has 1 aliphatic heterocycles. The molecule has 1 aliphatic rings. The van der Waals surface area contributed by atoms with Gasteiger partial charge in [0.1, 0.15) is 12.4 Å². The highest BCUT2D eigenvalue weighted by molar-refractivity contribution is 6.42. The number of nitrogens with zero attached hydrogens (tertiary/aromatic N) is 1. The van der Waals surface area contributed by atoms with E-state index in [1.165, 1.54) is 13.3 Å². The van der Waals surface area contributed by atoms with Gasteiger partial charge in [0.2, 0.25) is 0 Å². The fraction of sp³-hybridized carbons (Fsp3) is 0.226. The Hall–Kier alpha value is -4.74. The third-order valence-electron chi connectivity index (χ3n) is 6.29. The molecule has 3 N–H and O–H groups in total. The number of carbonyl (C=O) groups is 3. The van der Waals surface area contributed by atoms with Crippen LogP contribution in [0.15, 0.2) is 77.0 Å². The van der Waals surface area contributed by atoms with Gasteiger partial charge in [-0.2, -0.15) is 5.10 Å². The number of urea groups is 1. The maximum atomic E-state index is 12.6. The largest absolute Gasteiger partial charge is 0.493 e. The van der Waals surface area contributed by atoms with E-state index in [4.69, 9.17) is 42.1 Å². The maximum Gasteiger partial charge on any atom is 0.338 e. The molecule has 0 aromatic heterocycles. The number of carbonyl (C=O) groups excluding carboxylic acids is 3. The van der Waals surface area contributed by atoms with Crippen LogP contribution in [0.3, 0.4) is 0 Å². The van der Waals surface area contributed by atoms with Crippen molar-refractivity contribution in [1.29, 1.82) is 0 Å². The predicted octanol–water partition coefficient (Wildman–Crippen LogP) is 5.30. The van der Waals surface area contributed by atoms with Crippen LogP contribution in [0, 0.1) is 0 Å². The summed E-state index contributed by atoms with van der Waals surface area (Å²) in [4.78, 5) is 37.1. The highest BCUT2D eigenvalue weighted by Gasteiger charge is 2.32. The molecule has 44 heavy (non-hydrogen) atoms. The topological polar surface area (TPSA) is 137 Å². The van der Waals surface area contributed by atoms with Crippen LogP contribution in [0.1, 0.15) is 36.6 Å². The lowest BCUT2D eigenvalue weighted by Crippen LogP contribution is -2.45. The number of amides is 3. The summed E-state index contributed by atoms with van der Waals surface area (Å²) in [6, 6.07) is 16.1. The quantitative estimate of drug-likeness (QED) is 0.139. The number of nitrogens with one attached hydrogen (secondary N) is 3. The summed E-state index contributed by atoms with van der Waals surface area (Å²) in [7, 11) is 1.44. The molecular formula is C31H30Cl2N4O7. The Morgan fingerprint density at radius 3 is 2.59 bits per heavy atom. The molecule has 11 nitrogen and oxygen atoms in total. The highest BCUT2D eigenvalue weighted by atomic mass is 35.5. The van der Waals surface area contributed by atoms with E-state index in [0.29, 0.717) is 45.0 Å². The fourth-order valence-electron chi connectivity index (χ4n) is 4.24. The van der Waals surface area contributed by atoms with Gasteiger partial charge in [0, 0.05) is 5.70 Å². The lowest BCUT2D eigenvalue weighted by Gasteiger charge is -2.28. The minimum atomic E-state index is -0.775. The summed E-state index contributed by atoms with van der Waals surface area (Å²) in [6.07, 6.45) is 1.48. The van der Waals surface area contributed by atoms with Gasteiger partial charge in [-0.25, -0.2) is 15.0 Å². The molecule has 4 rings (SSSR count). The predicted molar refractivity (Wildman–Crippen MR) is 165 cm³/mol. The lowest BCUT2D eigenvalue weighted by atomic mass is 9.95. The number of hydrogen-bond donors (Lipinski definition) is 3. The van der Waals surface area contributed by atoms with Crippen LogP contribution in [-0.4, -0.2) is 44.4 Å². The third-order valence-corrected chi connectivity index (χ3v) is 7.03. The molecule has 1 heterocycles. The number of rotatable bonds is 12. The monoisotopic (exact) mass is 640 g/mol. The number of benzene rings is 3. The number of hydrogen-bond acceptors (Lipinski definition) is 8. The molecule has 230 valence electrons. The SMILES string of the molecule is CCOC(=O)C1=C(C)NC(=O)N[C@H]1c1ccc(OCC(=O)N/N=C\c2cccc(OCc3ccc(Cl)c(Cl)c3)c2)c(OC)c1. The summed E-state index contributed by atoms with van der Waals surface area (Å²) < 4.78 is 22.1. The molecule has 3 aromatic rings. The fourth-order valence-corrected chi connectivity index (χ4v) is 4.56. The smallest absolute Gasteiger partial charge is 0.338 e. The van der Waals surface area contributed by atoms with Gasteiger partial charge in [0.05, 0.1) is 41.6 Å². The van der Waals surface area contributed by atoms with E-state index in [-0.39, 0.29) is 24.5 Å². The molecule has 1 atom stereocenters. The number of esters is 1. The van der Waals surface area contributed by atoms with Crippen molar-refractivity contribution in [1.82, 2.24) is 16.1 Å². The van der Waals surface area contributed by atoms with E-state index in [1.807, 2.05) is 6.07 Å². The number of ether oxygens (including phenoxy) is 4. The Balaban J connectivity index is 1.33. The number of hydrazone groups is 1. The average Bonchev–Trinajstić information content (AvgIpc) is 3.00. The highest BCUT2D eigenvalue weighted by Crippen LogP contribution is 2.34. The number of methoxy groups -OCH3 is 1. The zero-order valence-electron chi connectivity index (χ0n) is 24.1. The van der Waals surface area contributed by atoms with Gasteiger partial charge < -0.3 is 29.6 Å². The van der Waals surface area contributed by atoms with Crippen molar-refractivity contribution in [3.05, 3.63) is 98.7 Å². The van der Waals surface area contributed by atoms with Gasteiger partial charge in [-0.05, 0) is 66.9 Å². The lowest BCUT2D eigenvalue weighted by molar-refractivity contribution is -0.139. The summed E-state index contributed by atoms with van der Waals surface area (Å²) in [5, 5.41) is 10.2. The third kappa shape index (κ3) is 8.42. The molecule has 0 saturated heterocycles. The molecule has 0 radical (unpaired) electrons. The second-order valence-corrected chi connectivity index (χ2v) is 10.2. The van der Waals surface area contributed by atoms with Crippen molar-refractivity contribution in [3.8, 4) is 17.2 Å². The summed E-state index contributed by atoms with van der Waals surface area (Å²) in [5.41, 5.74) is 5.19. The van der Waals surface area contributed by atoms with Crippen LogP contribution in [-0.2, 0) is 20.9 Å². The van der Waals surface area contributed by atoms with Gasteiger partial charge in [-0.3, -0.25) is 4.79 Å². The molecule has 0 bridgehead atoms. The first-order chi connectivity index (χ1) is 21.2. The van der Waals surface area contributed by atoms with Crippen LogP contribution >= 0.6 is 23.2 Å². The van der Waals surface area contributed by atoms with Crippen molar-refractivity contribution >= 4 is 47.3 Å². The molecule has 0 spiro atoms. The Labute approximate surface area is 264 Å². The van der Waals surface area contributed by atoms with E-state index in [0.717, 1.165) is 5.56 Å². The van der Waals surface area contributed by atoms with E-state index in [1.54, 1.807) is 68.4 Å². The first kappa shape index (κ1) is 32.2. The standard InChI is InChI=1S/C31H30Cl2N4O7/c1-4-42-30(39)28-18(2)35-31(40)36-29(28)21-9-11-25(26(14-21)41-3)44-17-27(38)37-34-15-19-6-5-7-22(12-19)43-16-20-8-10-23(32)24(33)13-20/h5-15,29H,4,16-17H2,1-3H3,(H,37,38)(H2,35,36,40)/b34-15-/t29-/m0/s1. The summed E-state index contributed by atoms with van der Waals surface area (Å²) in [5.74, 6) is 0.120. The normalized spacial score (nSPS) is 14.5. The van der Waals surface area contributed by atoms with E-state index in [9.17, 15) is 14.4 Å². The van der Waals surface area contributed by atoms with Crippen molar-refractivity contribution in [3.63, 3.8) is 0 Å². The van der Waals surface area contributed by atoms with Gasteiger partial charge in [-0.15, -0.1) is 0 Å². The van der Waals surface area contributed by atoms with Gasteiger partial charge in [0.25, 0.3) is 5.91 Å². The van der Waals surface area contributed by atoms with Crippen LogP contribution in [0.4, 0.5) is 4.79 Å². The van der Waals surface area contributed by atoms with E-state index >= 15 is 0 Å². The molecule has 3 aromatic carbocycles. The molecule has 3 amide bonds. The van der Waals surface area contributed by atoms with Gasteiger partial charge in [-0.1, -0.05) is 47.5 Å². The average molecular weight is 642 g/mol. The van der Waals surface area contributed by atoms with Crippen molar-refractivity contribution in [2.45, 2.75) is 26.5 Å². The van der Waals surface area contributed by atoms with E-state index in [2.05, 4.69) is 21.2 Å². The molecule has 0 fully saturated rings. The molecule has 13 heteroatoms. The zero-order valence-corrected chi connectivity index (χ0v) is 25.6. The Morgan fingerprint density at radius 1 is 1.02 bits per heavy atom. The molecule has 0 unspecified atom stereocenters. The van der Waals surface area contributed by atoms with Crippen LogP contribution in [0.25, 0.3) is 0 Å². The number of allylic oxidation sites excluding steroid dienone is 1. The molecule has 0 aliphatic carbocycles. The molecular weight excluding hydrogens is 611 g/mol. The maximum absolute atomic E-state index is 12.6. The van der Waals surface area contributed by atoms with Gasteiger partial charge in [0.15, 0.2) is 18.1 Å². The summed E-state index contributed by atoms with van der Waals surface area (Å²) >= 11 is 12.0. The minimum Gasteiger partial charge on any atom is -0.493 e. The first-order valence-electron chi connectivity index (χ1n) is 13.4. The Morgan fingerprint density at radius 2 is 1.84 bits per heavy atom. The second-order valence-electron chi connectivity index (χ2n) is 9.39. The molecule has 0 saturated carbocycles. The summed E-state index contributed by atoms with van der Waals surface area (Å²) in [6.45, 7) is 3.45. The van der Waals surface area contributed by atoms with Gasteiger partial charge >= 0.3 is 12.0 Å². The Kier molecular flexibility index (Phi) is 11.1. The minimum absolute atomic E-state index is 0.181.